The fourth-order valence-electron chi connectivity index (χ4n) is 3.75. The van der Waals surface area contributed by atoms with Gasteiger partial charge in [0.05, 0.1) is 0 Å². The molecule has 0 spiro atoms. The smallest absolute Gasteiger partial charge is 0.413 e. The molecule has 2 heterocycles. The van der Waals surface area contributed by atoms with E-state index in [-0.39, 0.29) is 0 Å². The molecule has 4 aromatic rings. The summed E-state index contributed by atoms with van der Waals surface area (Å²) in [7, 11) is 1.94. The molecule has 8 nitrogen and oxygen atoms in total. The maximum absolute atomic E-state index is 12.0. The van der Waals surface area contributed by atoms with Gasteiger partial charge in [0.15, 0.2) is 0 Å². The van der Waals surface area contributed by atoms with Gasteiger partial charge in [0.1, 0.15) is 11.4 Å². The third-order valence-electron chi connectivity index (χ3n) is 5.21. The van der Waals surface area contributed by atoms with Crippen molar-refractivity contribution in [3.8, 4) is 0 Å². The Morgan fingerprint density at radius 1 is 1.24 bits per heavy atom. The van der Waals surface area contributed by atoms with Crippen LogP contribution in [0.5, 0.6) is 0 Å². The highest BCUT2D eigenvalue weighted by molar-refractivity contribution is 6.31. The van der Waals surface area contributed by atoms with Crippen molar-refractivity contribution in [3.05, 3.63) is 65.7 Å². The average molecular weight is 481 g/mol. The number of H-pyrrole nitrogens is 1. The number of benzene rings is 2. The standard InChI is InChI=1S/C25H29ClN6O2/c1-15(29-24(33)34-25(2,3)4)27-9-8-16-12-18(30-23-28-10-11-32(23)5)14-20-19-13-17(26)6-7-21(19)31-22(16)20/h6-7,10-14,27,31H,1,8-9H2,2-5H3,(H,28,30)(H,29,33). The lowest BCUT2D eigenvalue weighted by atomic mass is 10.0. The molecule has 4 N–H and O–H groups in total. The molecule has 0 saturated carbocycles. The third-order valence-corrected chi connectivity index (χ3v) is 5.45. The topological polar surface area (TPSA) is 96.0 Å². The van der Waals surface area contributed by atoms with E-state index in [1.54, 1.807) is 6.20 Å². The Bertz CT molecular complexity index is 1370. The van der Waals surface area contributed by atoms with Gasteiger partial charge < -0.3 is 24.9 Å². The molecule has 0 saturated heterocycles. The molecule has 178 valence electrons. The summed E-state index contributed by atoms with van der Waals surface area (Å²) in [6.07, 6.45) is 3.78. The Morgan fingerprint density at radius 3 is 2.74 bits per heavy atom. The van der Waals surface area contributed by atoms with Crippen LogP contribution in [-0.2, 0) is 18.2 Å². The van der Waals surface area contributed by atoms with Crippen molar-refractivity contribution < 1.29 is 9.53 Å². The zero-order chi connectivity index (χ0) is 24.5. The number of hydrogen-bond acceptors (Lipinski definition) is 5. The van der Waals surface area contributed by atoms with E-state index in [2.05, 4.69) is 44.6 Å². The summed E-state index contributed by atoms with van der Waals surface area (Å²) in [4.78, 5) is 19.9. The van der Waals surface area contributed by atoms with Crippen LogP contribution in [0.3, 0.4) is 0 Å². The molecule has 1 amide bonds. The molecule has 9 heteroatoms. The predicted molar refractivity (Wildman–Crippen MR) is 138 cm³/mol. The number of halogens is 1. The number of carbonyl (C=O) groups is 1. The summed E-state index contributed by atoms with van der Waals surface area (Å²) in [6.45, 7) is 9.87. The summed E-state index contributed by atoms with van der Waals surface area (Å²) >= 11 is 6.28. The van der Waals surface area contributed by atoms with Crippen LogP contribution in [0.25, 0.3) is 21.8 Å². The van der Waals surface area contributed by atoms with Gasteiger partial charge in [0, 0.05) is 58.5 Å². The largest absolute Gasteiger partial charge is 0.444 e. The van der Waals surface area contributed by atoms with E-state index in [0.29, 0.717) is 23.8 Å². The monoisotopic (exact) mass is 480 g/mol. The van der Waals surface area contributed by atoms with Crippen LogP contribution in [0.15, 0.2) is 55.1 Å². The number of nitrogens with one attached hydrogen (secondary N) is 4. The van der Waals surface area contributed by atoms with Crippen LogP contribution < -0.4 is 16.0 Å². The summed E-state index contributed by atoms with van der Waals surface area (Å²) in [5, 5.41) is 12.0. The van der Waals surface area contributed by atoms with Gasteiger partial charge in [-0.1, -0.05) is 18.2 Å². The van der Waals surface area contributed by atoms with Crippen LogP contribution in [0.4, 0.5) is 16.4 Å². The molecule has 0 aliphatic carbocycles. The van der Waals surface area contributed by atoms with Gasteiger partial charge in [0.2, 0.25) is 5.95 Å². The quantitative estimate of drug-likeness (QED) is 0.277. The van der Waals surface area contributed by atoms with Crippen molar-refractivity contribution >= 4 is 51.1 Å². The van der Waals surface area contributed by atoms with Crippen molar-refractivity contribution in [2.24, 2.45) is 7.05 Å². The molecule has 0 fully saturated rings. The van der Waals surface area contributed by atoms with Crippen LogP contribution in [0, 0.1) is 0 Å². The predicted octanol–water partition coefficient (Wildman–Crippen LogP) is 5.58. The number of aromatic nitrogens is 3. The van der Waals surface area contributed by atoms with Crippen LogP contribution in [0.2, 0.25) is 5.02 Å². The van der Waals surface area contributed by atoms with E-state index in [1.807, 2.05) is 56.8 Å². The zero-order valence-electron chi connectivity index (χ0n) is 19.8. The highest BCUT2D eigenvalue weighted by Crippen LogP contribution is 2.33. The van der Waals surface area contributed by atoms with Gasteiger partial charge in [-0.05, 0) is 63.1 Å². The van der Waals surface area contributed by atoms with Crippen LogP contribution in [-0.4, -0.2) is 32.8 Å². The number of carbonyl (C=O) groups excluding carboxylic acids is 1. The minimum absolute atomic E-state index is 0.385. The summed E-state index contributed by atoms with van der Waals surface area (Å²) < 4.78 is 7.19. The first kappa shape index (κ1) is 23.5. The van der Waals surface area contributed by atoms with Crippen molar-refractivity contribution in [2.45, 2.75) is 32.8 Å². The molecule has 0 unspecified atom stereocenters. The molecular weight excluding hydrogens is 452 g/mol. The number of fused-ring (bicyclic) bond motifs is 3. The van der Waals surface area contributed by atoms with Gasteiger partial charge in [-0.2, -0.15) is 0 Å². The number of ether oxygens (including phenoxy) is 1. The lowest BCUT2D eigenvalue weighted by molar-refractivity contribution is 0.0542. The second kappa shape index (κ2) is 9.30. The number of aryl methyl sites for hydroxylation is 1. The lowest BCUT2D eigenvalue weighted by Gasteiger charge is -2.20. The first-order chi connectivity index (χ1) is 16.1. The summed E-state index contributed by atoms with van der Waals surface area (Å²) in [5.41, 5.74) is 3.49. The zero-order valence-corrected chi connectivity index (χ0v) is 20.5. The second-order valence-electron chi connectivity index (χ2n) is 9.14. The number of aromatic amines is 1. The van der Waals surface area contributed by atoms with E-state index in [0.717, 1.165) is 39.0 Å². The number of nitrogens with zero attached hydrogens (tertiary/aromatic N) is 2. The first-order valence-corrected chi connectivity index (χ1v) is 11.4. The van der Waals surface area contributed by atoms with E-state index >= 15 is 0 Å². The Hall–Kier alpha value is -3.65. The van der Waals surface area contributed by atoms with Gasteiger partial charge >= 0.3 is 6.09 Å². The molecule has 0 bridgehead atoms. The number of rotatable bonds is 7. The second-order valence-corrected chi connectivity index (χ2v) is 9.58. The number of amides is 1. The fraction of sp³-hybridized carbons (Fsp3) is 0.280. The number of imidazole rings is 1. The lowest BCUT2D eigenvalue weighted by Crippen LogP contribution is -2.36. The Balaban J connectivity index is 1.57. The van der Waals surface area contributed by atoms with Crippen LogP contribution >= 0.6 is 11.6 Å². The number of hydrogen-bond donors (Lipinski definition) is 4. The van der Waals surface area contributed by atoms with Gasteiger partial charge in [-0.25, -0.2) is 9.78 Å². The molecule has 0 aliphatic heterocycles. The highest BCUT2D eigenvalue weighted by Gasteiger charge is 2.17. The number of alkyl carbamates (subject to hydrolysis) is 1. The Kier molecular flexibility index (Phi) is 6.43. The summed E-state index contributed by atoms with van der Waals surface area (Å²) in [6, 6.07) is 10.0. The maximum atomic E-state index is 12.0. The first-order valence-electron chi connectivity index (χ1n) is 11.0. The molecule has 4 rings (SSSR count). The average Bonchev–Trinajstić information content (AvgIpc) is 3.30. The Morgan fingerprint density at radius 2 is 2.03 bits per heavy atom. The minimum Gasteiger partial charge on any atom is -0.444 e. The van der Waals surface area contributed by atoms with Gasteiger partial charge in [-0.15, -0.1) is 0 Å². The van der Waals surface area contributed by atoms with Crippen molar-refractivity contribution in [2.75, 3.05) is 11.9 Å². The SMILES string of the molecule is C=C(NCCc1cc(Nc2nccn2C)cc2c1[nH]c1ccc(Cl)cc12)NC(=O)OC(C)(C)C. The van der Waals surface area contributed by atoms with E-state index in [9.17, 15) is 4.79 Å². The van der Waals surface area contributed by atoms with E-state index in [1.165, 1.54) is 0 Å². The fourth-order valence-corrected chi connectivity index (χ4v) is 3.92. The molecule has 0 radical (unpaired) electrons. The van der Waals surface area contributed by atoms with Crippen molar-refractivity contribution in [3.63, 3.8) is 0 Å². The third kappa shape index (κ3) is 5.46. The normalized spacial score (nSPS) is 11.6. The highest BCUT2D eigenvalue weighted by atomic mass is 35.5. The molecule has 0 atom stereocenters. The molecule has 2 aromatic carbocycles. The minimum atomic E-state index is -0.574. The Labute approximate surface area is 203 Å². The molecular formula is C25H29ClN6O2. The van der Waals surface area contributed by atoms with Gasteiger partial charge in [0.25, 0.3) is 0 Å². The summed E-state index contributed by atoms with van der Waals surface area (Å²) in [5.74, 6) is 1.13. The van der Waals surface area contributed by atoms with Crippen molar-refractivity contribution in [1.29, 1.82) is 0 Å². The molecule has 34 heavy (non-hydrogen) atoms. The van der Waals surface area contributed by atoms with Gasteiger partial charge in [-0.3, -0.25) is 5.32 Å². The molecule has 0 aliphatic rings. The number of anilines is 2. The van der Waals surface area contributed by atoms with Crippen LogP contribution in [0.1, 0.15) is 26.3 Å². The van der Waals surface area contributed by atoms with Crippen molar-refractivity contribution in [1.82, 2.24) is 25.2 Å². The van der Waals surface area contributed by atoms with E-state index in [4.69, 9.17) is 16.3 Å². The van der Waals surface area contributed by atoms with E-state index < -0.39 is 11.7 Å². The maximum Gasteiger partial charge on any atom is 0.413 e. The molecule has 2 aromatic heterocycles.